The van der Waals surface area contributed by atoms with E-state index in [0.29, 0.717) is 31.5 Å². The molecule has 0 radical (unpaired) electrons. The van der Waals surface area contributed by atoms with Crippen molar-refractivity contribution in [3.63, 3.8) is 0 Å². The Labute approximate surface area is 283 Å². The normalized spacial score (nSPS) is 12.9. The van der Waals surface area contributed by atoms with Gasteiger partial charge >= 0.3 is 24.3 Å². The molecule has 1 aliphatic heterocycles. The number of unbranched alkanes of at least 4 members (excludes halogenated alkanes) is 2. The summed E-state index contributed by atoms with van der Waals surface area (Å²) in [4.78, 5) is 55.1. The molecule has 1 atom stereocenters. The molecule has 0 unspecified atom stereocenters. The minimum Gasteiger partial charge on any atom is -0.475 e. The summed E-state index contributed by atoms with van der Waals surface area (Å²) in [6.45, 7) is 2.86. The standard InChI is InChI=1S/C29H37N5O2.2C2HF3O2/c1-2-24(35)13-7-4-8-14-25(29-31-20-26(34-29)21-10-5-3-6-11-21)33-27(36)18-17-23-16-15-22-12-9-19-30-28(22)32-23;2*3-2(4,5)1(6)7/h3,5-6,10-11,15-16,20,25H,2,4,7-9,12-14,17-19H2,1H3,(H,30,32)(H,31,34)(H,33,36);2*(H,6,7)/t25-;;/m0../s1. The quantitative estimate of drug-likeness (QED) is 0.0940. The Bertz CT molecular complexity index is 1520. The molecule has 0 aliphatic carbocycles. The van der Waals surface area contributed by atoms with E-state index in [1.165, 1.54) is 5.56 Å². The third-order valence-corrected chi connectivity index (χ3v) is 7.23. The van der Waals surface area contributed by atoms with Gasteiger partial charge in [-0.1, -0.05) is 56.2 Å². The number of carbonyl (C=O) groups is 4. The number of anilines is 1. The molecule has 1 aliphatic rings. The molecule has 4 rings (SSSR count). The van der Waals surface area contributed by atoms with E-state index in [-0.39, 0.29) is 11.9 Å². The van der Waals surface area contributed by atoms with E-state index in [9.17, 15) is 35.9 Å². The van der Waals surface area contributed by atoms with Gasteiger partial charge in [0.25, 0.3) is 0 Å². The number of aryl methyl sites for hydroxylation is 2. The van der Waals surface area contributed by atoms with Crippen LogP contribution in [0.5, 0.6) is 0 Å². The Morgan fingerprint density at radius 2 is 1.54 bits per heavy atom. The topological polar surface area (TPSA) is 174 Å². The maximum atomic E-state index is 12.9. The molecule has 274 valence electrons. The number of H-pyrrole nitrogens is 1. The number of benzene rings is 1. The van der Waals surface area contributed by atoms with Crippen LogP contribution in [0.1, 0.15) is 81.4 Å². The zero-order chi connectivity index (χ0) is 37.3. The molecule has 3 aromatic rings. The van der Waals surface area contributed by atoms with Crippen molar-refractivity contribution >= 4 is 29.4 Å². The van der Waals surface area contributed by atoms with Gasteiger partial charge in [0.15, 0.2) is 0 Å². The van der Waals surface area contributed by atoms with E-state index >= 15 is 0 Å². The van der Waals surface area contributed by atoms with Crippen molar-refractivity contribution in [1.82, 2.24) is 20.3 Å². The molecule has 0 spiro atoms. The molecule has 11 nitrogen and oxygen atoms in total. The van der Waals surface area contributed by atoms with Crippen LogP contribution in [0, 0.1) is 0 Å². The Kier molecular flexibility index (Phi) is 16.4. The molecular weight excluding hydrogens is 676 g/mol. The maximum Gasteiger partial charge on any atom is 0.490 e. The largest absolute Gasteiger partial charge is 0.490 e. The second-order valence-electron chi connectivity index (χ2n) is 11.1. The molecule has 5 N–H and O–H groups in total. The number of carbonyl (C=O) groups excluding carboxylic acids is 2. The average molecular weight is 716 g/mol. The Morgan fingerprint density at radius 3 is 2.14 bits per heavy atom. The molecule has 3 heterocycles. The molecule has 0 saturated heterocycles. The number of Topliss-reactive ketones (excluding diaryl/α,β-unsaturated/α-hetero) is 1. The Morgan fingerprint density at radius 1 is 0.900 bits per heavy atom. The molecule has 17 heteroatoms. The monoisotopic (exact) mass is 715 g/mol. The van der Waals surface area contributed by atoms with Gasteiger partial charge in [0.05, 0.1) is 17.9 Å². The Hall–Kier alpha value is -4.96. The number of alkyl halides is 6. The lowest BCUT2D eigenvalue weighted by molar-refractivity contribution is -0.193. The van der Waals surface area contributed by atoms with Crippen molar-refractivity contribution in [1.29, 1.82) is 0 Å². The lowest BCUT2D eigenvalue weighted by Crippen LogP contribution is -2.29. The minimum absolute atomic E-state index is 0.00805. The van der Waals surface area contributed by atoms with E-state index in [4.69, 9.17) is 24.8 Å². The van der Waals surface area contributed by atoms with Crippen LogP contribution in [0.2, 0.25) is 0 Å². The second kappa shape index (κ2) is 19.9. The van der Waals surface area contributed by atoms with E-state index in [1.807, 2.05) is 49.5 Å². The average Bonchev–Trinajstić information content (AvgIpc) is 3.57. The van der Waals surface area contributed by atoms with E-state index in [2.05, 4.69) is 26.7 Å². The minimum atomic E-state index is -5.08. The van der Waals surface area contributed by atoms with Crippen molar-refractivity contribution in [3.8, 4) is 11.3 Å². The summed E-state index contributed by atoms with van der Waals surface area (Å²) < 4.78 is 63.5. The number of hydrogen-bond acceptors (Lipinski definition) is 7. The summed E-state index contributed by atoms with van der Waals surface area (Å²) >= 11 is 0. The summed E-state index contributed by atoms with van der Waals surface area (Å²) in [5.74, 6) is -3.48. The van der Waals surface area contributed by atoms with Crippen LogP contribution >= 0.6 is 0 Å². The molecular formula is C33H39F6N5O6. The molecule has 1 aromatic carbocycles. The van der Waals surface area contributed by atoms with E-state index in [1.54, 1.807) is 0 Å². The fraction of sp³-hybridized carbons (Fsp3) is 0.455. The predicted octanol–water partition coefficient (Wildman–Crippen LogP) is 6.82. The fourth-order valence-electron chi connectivity index (χ4n) is 4.60. The molecule has 50 heavy (non-hydrogen) atoms. The highest BCUT2D eigenvalue weighted by Gasteiger charge is 2.38. The van der Waals surface area contributed by atoms with Gasteiger partial charge in [-0.05, 0) is 49.3 Å². The van der Waals surface area contributed by atoms with Crippen molar-refractivity contribution in [2.75, 3.05) is 11.9 Å². The van der Waals surface area contributed by atoms with Crippen LogP contribution in [0.4, 0.5) is 32.2 Å². The number of aromatic nitrogens is 3. The van der Waals surface area contributed by atoms with Crippen molar-refractivity contribution in [2.24, 2.45) is 0 Å². The van der Waals surface area contributed by atoms with Gasteiger partial charge in [0, 0.05) is 31.5 Å². The first-order chi connectivity index (χ1) is 23.5. The number of amides is 1. The number of nitrogens with zero attached hydrogens (tertiary/aromatic N) is 2. The number of imidazole rings is 1. The van der Waals surface area contributed by atoms with Gasteiger partial charge in [-0.2, -0.15) is 26.3 Å². The van der Waals surface area contributed by atoms with Crippen LogP contribution in [0.15, 0.2) is 48.7 Å². The second-order valence-corrected chi connectivity index (χ2v) is 11.1. The van der Waals surface area contributed by atoms with E-state index in [0.717, 1.165) is 73.7 Å². The smallest absolute Gasteiger partial charge is 0.475 e. The van der Waals surface area contributed by atoms with Gasteiger partial charge in [-0.15, -0.1) is 0 Å². The summed E-state index contributed by atoms with van der Waals surface area (Å²) in [6, 6.07) is 14.0. The van der Waals surface area contributed by atoms with Gasteiger partial charge < -0.3 is 25.8 Å². The number of carboxylic acid groups (broad SMARTS) is 2. The summed E-state index contributed by atoms with van der Waals surface area (Å²) in [5, 5.41) is 20.8. The number of rotatable bonds is 13. The number of fused-ring (bicyclic) bond motifs is 1. The summed E-state index contributed by atoms with van der Waals surface area (Å²) in [7, 11) is 0. The van der Waals surface area contributed by atoms with Crippen LogP contribution in [0.25, 0.3) is 11.3 Å². The van der Waals surface area contributed by atoms with Crippen molar-refractivity contribution in [2.45, 2.75) is 89.5 Å². The highest BCUT2D eigenvalue weighted by molar-refractivity contribution is 5.78. The number of aromatic amines is 1. The zero-order valence-electron chi connectivity index (χ0n) is 27.2. The highest BCUT2D eigenvalue weighted by Crippen LogP contribution is 2.24. The lowest BCUT2D eigenvalue weighted by Gasteiger charge is -2.18. The Balaban J connectivity index is 0.000000521. The van der Waals surface area contributed by atoms with Crippen LogP contribution in [-0.2, 0) is 32.0 Å². The summed E-state index contributed by atoms with van der Waals surface area (Å²) in [6.07, 6.45) is -0.416. The predicted molar refractivity (Wildman–Crippen MR) is 170 cm³/mol. The number of ketones is 1. The van der Waals surface area contributed by atoms with Crippen molar-refractivity contribution in [3.05, 3.63) is 65.7 Å². The van der Waals surface area contributed by atoms with Gasteiger partial charge in [0.2, 0.25) is 5.91 Å². The third kappa shape index (κ3) is 15.1. The zero-order valence-corrected chi connectivity index (χ0v) is 27.2. The highest BCUT2D eigenvalue weighted by atomic mass is 19.4. The van der Waals surface area contributed by atoms with Gasteiger partial charge in [-0.3, -0.25) is 9.59 Å². The van der Waals surface area contributed by atoms with Crippen molar-refractivity contribution < 1.29 is 55.7 Å². The summed E-state index contributed by atoms with van der Waals surface area (Å²) in [5.41, 5.74) is 4.18. The number of hydrogen-bond donors (Lipinski definition) is 5. The molecule has 0 bridgehead atoms. The van der Waals surface area contributed by atoms with Crippen LogP contribution < -0.4 is 10.6 Å². The molecule has 0 saturated carbocycles. The number of pyridine rings is 1. The van der Waals surface area contributed by atoms with Crippen LogP contribution in [-0.4, -0.2) is 67.7 Å². The molecule has 0 fully saturated rings. The lowest BCUT2D eigenvalue weighted by atomic mass is 10.0. The van der Waals surface area contributed by atoms with E-state index < -0.39 is 24.3 Å². The fourth-order valence-corrected chi connectivity index (χ4v) is 4.60. The first-order valence-electron chi connectivity index (χ1n) is 15.8. The maximum absolute atomic E-state index is 12.9. The molecule has 1 amide bonds. The van der Waals surface area contributed by atoms with Crippen LogP contribution in [0.3, 0.4) is 0 Å². The molecule has 2 aromatic heterocycles. The number of halogens is 6. The first kappa shape index (κ1) is 41.2. The number of aliphatic carboxylic acids is 2. The number of nitrogens with one attached hydrogen (secondary N) is 3. The number of carboxylic acids is 2. The first-order valence-corrected chi connectivity index (χ1v) is 15.8. The van der Waals surface area contributed by atoms with Gasteiger partial charge in [-0.25, -0.2) is 19.6 Å². The SMILES string of the molecule is CCC(=O)CCCCC[C@H](NC(=O)CCc1ccc2c(n1)NCCC2)c1ncc(-c2ccccc2)[nH]1.O=C(O)C(F)(F)F.O=C(O)C(F)(F)F. The van der Waals surface area contributed by atoms with Gasteiger partial charge in [0.1, 0.15) is 17.4 Å². The third-order valence-electron chi connectivity index (χ3n) is 7.23.